The molecule has 0 aromatic carbocycles. The van der Waals surface area contributed by atoms with Gasteiger partial charge in [0, 0.05) is 48.9 Å². The number of nitrogens with zero attached hydrogens (tertiary/aromatic N) is 3. The van der Waals surface area contributed by atoms with E-state index >= 15 is 0 Å². The van der Waals surface area contributed by atoms with Crippen LogP contribution >= 0.6 is 0 Å². The summed E-state index contributed by atoms with van der Waals surface area (Å²) >= 11 is 0. The Bertz CT molecular complexity index is 689. The minimum Gasteiger partial charge on any atom is -0.356 e. The van der Waals surface area contributed by atoms with Crippen molar-refractivity contribution in [2.75, 3.05) is 19.6 Å². The van der Waals surface area contributed by atoms with Gasteiger partial charge in [0.2, 0.25) is 11.8 Å². The first-order valence-electron chi connectivity index (χ1n) is 10.9. The quantitative estimate of drug-likeness (QED) is 0.781. The van der Waals surface area contributed by atoms with E-state index in [2.05, 4.69) is 5.32 Å². The zero-order chi connectivity index (χ0) is 20.1. The van der Waals surface area contributed by atoms with Gasteiger partial charge in [0.25, 0.3) is 0 Å². The van der Waals surface area contributed by atoms with Crippen molar-refractivity contribution in [3.05, 3.63) is 22.8 Å². The zero-order valence-corrected chi connectivity index (χ0v) is 17.6. The van der Waals surface area contributed by atoms with Crippen molar-refractivity contribution in [2.24, 2.45) is 5.92 Å². The highest BCUT2D eigenvalue weighted by molar-refractivity contribution is 5.79. The average molecular weight is 387 g/mol. The van der Waals surface area contributed by atoms with Gasteiger partial charge in [-0.25, -0.2) is 9.97 Å². The van der Waals surface area contributed by atoms with Crippen molar-refractivity contribution in [1.29, 1.82) is 0 Å². The first-order valence-corrected chi connectivity index (χ1v) is 10.9. The minimum atomic E-state index is 0.00458. The van der Waals surface area contributed by atoms with Crippen molar-refractivity contribution in [2.45, 2.75) is 78.1 Å². The Morgan fingerprint density at radius 1 is 1.11 bits per heavy atom. The van der Waals surface area contributed by atoms with Crippen LogP contribution in [0.15, 0.2) is 0 Å². The van der Waals surface area contributed by atoms with Gasteiger partial charge in [-0.05, 0) is 39.5 Å². The van der Waals surface area contributed by atoms with Crippen LogP contribution in [0.5, 0.6) is 0 Å². The van der Waals surface area contributed by atoms with Crippen molar-refractivity contribution in [3.8, 4) is 0 Å². The fourth-order valence-corrected chi connectivity index (χ4v) is 4.61. The Hall–Kier alpha value is -1.98. The monoisotopic (exact) mass is 386 g/mol. The molecule has 6 heteroatoms. The zero-order valence-electron chi connectivity index (χ0n) is 17.6. The van der Waals surface area contributed by atoms with Gasteiger partial charge in [-0.3, -0.25) is 9.59 Å². The van der Waals surface area contributed by atoms with E-state index in [-0.39, 0.29) is 17.7 Å². The summed E-state index contributed by atoms with van der Waals surface area (Å²) in [7, 11) is 0. The number of carbonyl (C=O) groups is 2. The van der Waals surface area contributed by atoms with Gasteiger partial charge in [-0.15, -0.1) is 0 Å². The largest absolute Gasteiger partial charge is 0.356 e. The van der Waals surface area contributed by atoms with Crippen LogP contribution in [0.25, 0.3) is 0 Å². The molecular weight excluding hydrogens is 352 g/mol. The number of amides is 2. The SMILES string of the molecule is CCNC(=O)Cc1c(C)nc([C@@H]2CCN(C(=O)CCC3CCCC3)C2)nc1C. The molecule has 1 aliphatic heterocycles. The Labute approximate surface area is 168 Å². The van der Waals surface area contributed by atoms with E-state index in [9.17, 15) is 9.59 Å². The highest BCUT2D eigenvalue weighted by Gasteiger charge is 2.30. The molecule has 1 N–H and O–H groups in total. The van der Waals surface area contributed by atoms with E-state index in [1.165, 1.54) is 25.7 Å². The summed E-state index contributed by atoms with van der Waals surface area (Å²) < 4.78 is 0. The minimum absolute atomic E-state index is 0.00458. The van der Waals surface area contributed by atoms with Gasteiger partial charge < -0.3 is 10.2 Å². The van der Waals surface area contributed by atoms with Crippen LogP contribution in [0.4, 0.5) is 0 Å². The molecule has 2 amide bonds. The normalized spacial score (nSPS) is 20.0. The molecule has 0 radical (unpaired) electrons. The van der Waals surface area contributed by atoms with Crippen LogP contribution in [0, 0.1) is 19.8 Å². The summed E-state index contributed by atoms with van der Waals surface area (Å²) in [5.74, 6) is 2.07. The maximum absolute atomic E-state index is 12.6. The fraction of sp³-hybridized carbons (Fsp3) is 0.727. The smallest absolute Gasteiger partial charge is 0.224 e. The van der Waals surface area contributed by atoms with Gasteiger partial charge in [0.05, 0.1) is 6.42 Å². The van der Waals surface area contributed by atoms with Gasteiger partial charge in [0.1, 0.15) is 5.82 Å². The van der Waals surface area contributed by atoms with E-state index in [4.69, 9.17) is 9.97 Å². The van der Waals surface area contributed by atoms with Crippen LogP contribution < -0.4 is 5.32 Å². The average Bonchev–Trinajstić information content (AvgIpc) is 3.34. The number of likely N-dealkylation sites (N-methyl/N-ethyl adjacent to an activating group) is 1. The Balaban J connectivity index is 1.58. The number of aryl methyl sites for hydroxylation is 2. The Kier molecular flexibility index (Phi) is 7.03. The third-order valence-corrected chi connectivity index (χ3v) is 6.30. The molecule has 2 fully saturated rings. The van der Waals surface area contributed by atoms with E-state index < -0.39 is 0 Å². The first kappa shape index (κ1) is 20.7. The van der Waals surface area contributed by atoms with Crippen molar-refractivity contribution in [3.63, 3.8) is 0 Å². The lowest BCUT2D eigenvalue weighted by Crippen LogP contribution is -2.29. The molecule has 2 heterocycles. The molecule has 1 aromatic rings. The molecule has 154 valence electrons. The van der Waals surface area contributed by atoms with Gasteiger partial charge in [-0.2, -0.15) is 0 Å². The summed E-state index contributed by atoms with van der Waals surface area (Å²) in [5, 5.41) is 2.83. The lowest BCUT2D eigenvalue weighted by atomic mass is 10.0. The Morgan fingerprint density at radius 3 is 2.43 bits per heavy atom. The van der Waals surface area contributed by atoms with Crippen molar-refractivity contribution in [1.82, 2.24) is 20.2 Å². The van der Waals surface area contributed by atoms with Crippen LogP contribution in [-0.2, 0) is 16.0 Å². The summed E-state index contributed by atoms with van der Waals surface area (Å²) in [6, 6.07) is 0. The summed E-state index contributed by atoms with van der Waals surface area (Å²) in [6.07, 6.45) is 8.22. The summed E-state index contributed by atoms with van der Waals surface area (Å²) in [5.41, 5.74) is 2.66. The number of hydrogen-bond donors (Lipinski definition) is 1. The number of likely N-dealkylation sites (tertiary alicyclic amines) is 1. The fourth-order valence-electron chi connectivity index (χ4n) is 4.61. The topological polar surface area (TPSA) is 75.2 Å². The molecule has 1 aromatic heterocycles. The van der Waals surface area contributed by atoms with Gasteiger partial charge in [0.15, 0.2) is 0 Å². The molecule has 0 bridgehead atoms. The number of rotatable bonds is 7. The van der Waals surface area contributed by atoms with Crippen molar-refractivity contribution < 1.29 is 9.59 Å². The van der Waals surface area contributed by atoms with Gasteiger partial charge >= 0.3 is 0 Å². The first-order chi connectivity index (χ1) is 13.5. The van der Waals surface area contributed by atoms with Crippen LogP contribution in [-0.4, -0.2) is 46.3 Å². The molecule has 1 saturated carbocycles. The number of carbonyl (C=O) groups excluding carboxylic acids is 2. The number of hydrogen-bond acceptors (Lipinski definition) is 4. The molecular formula is C22H34N4O2. The van der Waals surface area contributed by atoms with Crippen LogP contribution in [0.2, 0.25) is 0 Å². The molecule has 3 rings (SSSR count). The van der Waals surface area contributed by atoms with E-state index in [1.54, 1.807) is 0 Å². The highest BCUT2D eigenvalue weighted by Crippen LogP contribution is 2.30. The lowest BCUT2D eigenvalue weighted by molar-refractivity contribution is -0.130. The number of aromatic nitrogens is 2. The predicted molar refractivity (Wildman–Crippen MR) is 109 cm³/mol. The van der Waals surface area contributed by atoms with Crippen molar-refractivity contribution >= 4 is 11.8 Å². The third-order valence-electron chi connectivity index (χ3n) is 6.30. The second-order valence-corrected chi connectivity index (χ2v) is 8.38. The maximum Gasteiger partial charge on any atom is 0.224 e. The second-order valence-electron chi connectivity index (χ2n) is 8.38. The predicted octanol–water partition coefficient (Wildman–Crippen LogP) is 3.06. The standard InChI is InChI=1S/C22H34N4O2/c1-4-23-20(27)13-19-15(2)24-22(25-16(19)3)18-11-12-26(14-18)21(28)10-9-17-7-5-6-8-17/h17-18H,4-14H2,1-3H3,(H,23,27)/t18-/m1/s1. The lowest BCUT2D eigenvalue weighted by Gasteiger charge is -2.18. The second kappa shape index (κ2) is 9.48. The van der Waals surface area contributed by atoms with Gasteiger partial charge in [-0.1, -0.05) is 25.7 Å². The third kappa shape index (κ3) is 5.09. The highest BCUT2D eigenvalue weighted by atomic mass is 16.2. The maximum atomic E-state index is 12.6. The molecule has 1 aliphatic carbocycles. The van der Waals surface area contributed by atoms with E-state index in [1.807, 2.05) is 25.7 Å². The molecule has 2 aliphatic rings. The number of nitrogens with one attached hydrogen (secondary N) is 1. The molecule has 1 atom stereocenters. The van der Waals surface area contributed by atoms with Crippen LogP contribution in [0.1, 0.15) is 80.6 Å². The van der Waals surface area contributed by atoms with Crippen LogP contribution in [0.3, 0.4) is 0 Å². The molecule has 0 spiro atoms. The van der Waals surface area contributed by atoms with E-state index in [0.29, 0.717) is 19.4 Å². The van der Waals surface area contributed by atoms with E-state index in [0.717, 1.165) is 54.6 Å². The molecule has 28 heavy (non-hydrogen) atoms. The molecule has 6 nitrogen and oxygen atoms in total. The summed E-state index contributed by atoms with van der Waals surface area (Å²) in [6.45, 7) is 7.97. The Morgan fingerprint density at radius 2 is 1.79 bits per heavy atom. The summed E-state index contributed by atoms with van der Waals surface area (Å²) in [4.78, 5) is 35.9. The molecule has 0 unspecified atom stereocenters. The molecule has 1 saturated heterocycles.